The van der Waals surface area contributed by atoms with Crippen molar-refractivity contribution in [3.05, 3.63) is 58.1 Å². The monoisotopic (exact) mass is 287 g/mol. The van der Waals surface area contributed by atoms with Crippen LogP contribution in [-0.2, 0) is 0 Å². The maximum atomic E-state index is 8.81. The first kappa shape index (κ1) is 11.7. The second kappa shape index (κ2) is 5.03. The van der Waals surface area contributed by atoms with Crippen molar-refractivity contribution >= 4 is 15.9 Å². The zero-order valence-electron chi connectivity index (χ0n) is 9.27. The fourth-order valence-corrected chi connectivity index (χ4v) is 1.78. The number of benzene rings is 2. The molecule has 84 valence electrons. The Labute approximate surface area is 109 Å². The number of halogens is 1. The second-order valence-corrected chi connectivity index (χ2v) is 4.57. The van der Waals surface area contributed by atoms with Crippen LogP contribution in [0, 0.1) is 18.3 Å². The molecule has 0 saturated heterocycles. The van der Waals surface area contributed by atoms with E-state index in [0.29, 0.717) is 11.3 Å². The highest BCUT2D eigenvalue weighted by molar-refractivity contribution is 9.10. The van der Waals surface area contributed by atoms with Gasteiger partial charge in [0.25, 0.3) is 0 Å². The normalized spacial score (nSPS) is 9.71. The lowest BCUT2D eigenvalue weighted by molar-refractivity contribution is 0.478. The number of hydrogen-bond acceptors (Lipinski definition) is 2. The van der Waals surface area contributed by atoms with Crippen LogP contribution in [0.2, 0.25) is 0 Å². The van der Waals surface area contributed by atoms with Gasteiger partial charge in [-0.05, 0) is 42.8 Å². The molecular weight excluding hydrogens is 278 g/mol. The first-order chi connectivity index (χ1) is 8.19. The molecule has 0 aliphatic carbocycles. The minimum Gasteiger partial charge on any atom is -0.457 e. The molecule has 2 aromatic rings. The highest BCUT2D eigenvalue weighted by Gasteiger charge is 2.03. The molecule has 0 unspecified atom stereocenters. The van der Waals surface area contributed by atoms with E-state index in [-0.39, 0.29) is 0 Å². The molecule has 0 atom stereocenters. The number of aryl methyl sites for hydroxylation is 1. The van der Waals surface area contributed by atoms with Crippen molar-refractivity contribution < 1.29 is 4.74 Å². The van der Waals surface area contributed by atoms with E-state index < -0.39 is 0 Å². The number of nitrogens with zero attached hydrogens (tertiary/aromatic N) is 1. The maximum absolute atomic E-state index is 8.81. The average Bonchev–Trinajstić information content (AvgIpc) is 2.34. The van der Waals surface area contributed by atoms with E-state index >= 15 is 0 Å². The molecule has 2 rings (SSSR count). The summed E-state index contributed by atoms with van der Waals surface area (Å²) in [5.74, 6) is 1.46. The van der Waals surface area contributed by atoms with Crippen molar-refractivity contribution in [1.29, 1.82) is 5.26 Å². The van der Waals surface area contributed by atoms with Crippen molar-refractivity contribution in [3.8, 4) is 17.6 Å². The van der Waals surface area contributed by atoms with Crippen LogP contribution in [0.15, 0.2) is 46.9 Å². The van der Waals surface area contributed by atoms with Gasteiger partial charge in [-0.2, -0.15) is 5.26 Å². The zero-order chi connectivity index (χ0) is 12.3. The van der Waals surface area contributed by atoms with Gasteiger partial charge in [-0.1, -0.05) is 28.1 Å². The van der Waals surface area contributed by atoms with Crippen LogP contribution in [0.25, 0.3) is 0 Å². The van der Waals surface area contributed by atoms with Crippen LogP contribution in [0.1, 0.15) is 11.1 Å². The Balaban J connectivity index is 2.31. The Morgan fingerprint density at radius 1 is 1.18 bits per heavy atom. The van der Waals surface area contributed by atoms with E-state index in [1.165, 1.54) is 0 Å². The Morgan fingerprint density at radius 2 is 2.00 bits per heavy atom. The zero-order valence-corrected chi connectivity index (χ0v) is 10.9. The van der Waals surface area contributed by atoms with Crippen LogP contribution < -0.4 is 4.74 Å². The summed E-state index contributed by atoms with van der Waals surface area (Å²) in [5, 5.41) is 8.81. The molecular formula is C14H10BrNO. The minimum atomic E-state index is 0.593. The molecule has 0 amide bonds. The van der Waals surface area contributed by atoms with Crippen LogP contribution >= 0.6 is 15.9 Å². The third-order valence-corrected chi connectivity index (χ3v) is 2.83. The number of hydrogen-bond donors (Lipinski definition) is 0. The topological polar surface area (TPSA) is 33.0 Å². The molecule has 0 spiro atoms. The smallest absolute Gasteiger partial charge is 0.131 e. The average molecular weight is 288 g/mol. The Hall–Kier alpha value is -1.79. The van der Waals surface area contributed by atoms with E-state index in [9.17, 15) is 0 Å². The molecule has 0 radical (unpaired) electrons. The van der Waals surface area contributed by atoms with Crippen molar-refractivity contribution in [1.82, 2.24) is 0 Å². The first-order valence-corrected chi connectivity index (χ1v) is 5.92. The molecule has 17 heavy (non-hydrogen) atoms. The Kier molecular flexibility index (Phi) is 3.46. The third-order valence-electron chi connectivity index (χ3n) is 2.34. The summed E-state index contributed by atoms with van der Waals surface area (Å²) in [6, 6.07) is 15.1. The molecule has 0 N–H and O–H groups in total. The molecule has 0 aliphatic heterocycles. The van der Waals surface area contributed by atoms with Crippen molar-refractivity contribution in [2.45, 2.75) is 6.92 Å². The van der Waals surface area contributed by atoms with Crippen molar-refractivity contribution in [3.63, 3.8) is 0 Å². The molecule has 0 saturated carbocycles. The first-order valence-electron chi connectivity index (χ1n) is 5.13. The van der Waals surface area contributed by atoms with Gasteiger partial charge in [0.05, 0.1) is 11.6 Å². The highest BCUT2D eigenvalue weighted by Crippen LogP contribution is 2.28. The standard InChI is InChI=1S/C14H10BrNO/c1-10-5-6-12(15)8-14(10)17-13-4-2-3-11(7-13)9-16/h2-8H,1H3. The fraction of sp³-hybridized carbons (Fsp3) is 0.0714. The second-order valence-electron chi connectivity index (χ2n) is 3.65. The number of rotatable bonds is 2. The van der Waals surface area contributed by atoms with Crippen molar-refractivity contribution in [2.75, 3.05) is 0 Å². The van der Waals surface area contributed by atoms with E-state index in [2.05, 4.69) is 22.0 Å². The lowest BCUT2D eigenvalue weighted by Crippen LogP contribution is -1.88. The predicted octanol–water partition coefficient (Wildman–Crippen LogP) is 4.42. The van der Waals surface area contributed by atoms with E-state index in [4.69, 9.17) is 10.00 Å². The predicted molar refractivity (Wildman–Crippen MR) is 70.1 cm³/mol. The van der Waals surface area contributed by atoms with Crippen LogP contribution in [0.5, 0.6) is 11.5 Å². The highest BCUT2D eigenvalue weighted by atomic mass is 79.9. The van der Waals surface area contributed by atoms with E-state index in [1.54, 1.807) is 18.2 Å². The van der Waals surface area contributed by atoms with Gasteiger partial charge in [0.1, 0.15) is 11.5 Å². The summed E-state index contributed by atoms with van der Waals surface area (Å²) in [5.41, 5.74) is 1.64. The molecule has 0 fully saturated rings. The quantitative estimate of drug-likeness (QED) is 0.819. The molecule has 0 aromatic heterocycles. The Bertz CT molecular complexity index is 587. The van der Waals surface area contributed by atoms with Gasteiger partial charge < -0.3 is 4.74 Å². The summed E-state index contributed by atoms with van der Waals surface area (Å²) in [4.78, 5) is 0. The van der Waals surface area contributed by atoms with Crippen molar-refractivity contribution in [2.24, 2.45) is 0 Å². The molecule has 0 bridgehead atoms. The van der Waals surface area contributed by atoms with Crippen LogP contribution in [0.4, 0.5) is 0 Å². The molecule has 0 heterocycles. The van der Waals surface area contributed by atoms with Crippen LogP contribution in [0.3, 0.4) is 0 Å². The van der Waals surface area contributed by atoms with Crippen LogP contribution in [-0.4, -0.2) is 0 Å². The summed E-state index contributed by atoms with van der Waals surface area (Å²) in [6.07, 6.45) is 0. The fourth-order valence-electron chi connectivity index (χ4n) is 1.44. The van der Waals surface area contributed by atoms with Gasteiger partial charge in [0.2, 0.25) is 0 Å². The van der Waals surface area contributed by atoms with Gasteiger partial charge in [-0.3, -0.25) is 0 Å². The lowest BCUT2D eigenvalue weighted by Gasteiger charge is -2.09. The van der Waals surface area contributed by atoms with Gasteiger partial charge in [0.15, 0.2) is 0 Å². The molecule has 2 aromatic carbocycles. The van der Waals surface area contributed by atoms with Gasteiger partial charge in [-0.25, -0.2) is 0 Å². The largest absolute Gasteiger partial charge is 0.457 e. The van der Waals surface area contributed by atoms with Gasteiger partial charge in [0, 0.05) is 4.47 Å². The molecule has 3 heteroatoms. The summed E-state index contributed by atoms with van der Waals surface area (Å²) < 4.78 is 6.72. The molecule has 0 aliphatic rings. The van der Waals surface area contributed by atoms with Gasteiger partial charge in [-0.15, -0.1) is 0 Å². The summed E-state index contributed by atoms with van der Waals surface area (Å²) in [6.45, 7) is 1.98. The van der Waals surface area contributed by atoms with Gasteiger partial charge >= 0.3 is 0 Å². The third kappa shape index (κ3) is 2.86. The summed E-state index contributed by atoms with van der Waals surface area (Å²) >= 11 is 3.41. The Morgan fingerprint density at radius 3 is 2.76 bits per heavy atom. The van der Waals surface area contributed by atoms with E-state index in [1.807, 2.05) is 31.2 Å². The van der Waals surface area contributed by atoms with E-state index in [0.717, 1.165) is 15.8 Å². The maximum Gasteiger partial charge on any atom is 0.131 e. The number of ether oxygens (including phenoxy) is 1. The minimum absolute atomic E-state index is 0.593. The number of nitriles is 1. The molecule has 2 nitrogen and oxygen atoms in total. The lowest BCUT2D eigenvalue weighted by atomic mass is 10.2. The summed E-state index contributed by atoms with van der Waals surface area (Å²) in [7, 11) is 0. The SMILES string of the molecule is Cc1ccc(Br)cc1Oc1cccc(C#N)c1.